The lowest BCUT2D eigenvalue weighted by Crippen LogP contribution is -2.37. The monoisotopic (exact) mass is 688 g/mol. The third-order valence-electron chi connectivity index (χ3n) is 10.2. The van der Waals surface area contributed by atoms with Crippen molar-refractivity contribution in [1.29, 1.82) is 0 Å². The van der Waals surface area contributed by atoms with Crippen LogP contribution in [-0.4, -0.2) is 8.07 Å². The molecule has 0 amide bonds. The highest BCUT2D eigenvalue weighted by atomic mass is 28.3. The molecule has 0 fully saturated rings. The first kappa shape index (κ1) is 31.8. The Morgan fingerprint density at radius 3 is 1.25 bits per heavy atom. The highest BCUT2D eigenvalue weighted by Crippen LogP contribution is 2.50. The van der Waals surface area contributed by atoms with Crippen LogP contribution in [0, 0.1) is 6.92 Å². The first-order valence-electron chi connectivity index (χ1n) is 18.0. The van der Waals surface area contributed by atoms with E-state index in [9.17, 15) is 0 Å². The summed E-state index contributed by atoms with van der Waals surface area (Å²) in [6.07, 6.45) is 0. The zero-order chi connectivity index (χ0) is 35.4. The number of benzene rings is 8. The smallest absolute Gasteiger partial charge is 0.160 e. The van der Waals surface area contributed by atoms with E-state index in [1.807, 2.05) is 0 Å². The van der Waals surface area contributed by atoms with Crippen LogP contribution >= 0.6 is 0 Å². The van der Waals surface area contributed by atoms with Crippen molar-refractivity contribution in [2.45, 2.75) is 26.6 Å². The molecule has 0 saturated carbocycles. The highest BCUT2D eigenvalue weighted by Gasteiger charge is 2.27. The number of furan rings is 1. The molecule has 52 heavy (non-hydrogen) atoms. The zero-order valence-corrected chi connectivity index (χ0v) is 31.0. The summed E-state index contributed by atoms with van der Waals surface area (Å²) in [6.45, 7) is 9.33. The molecule has 0 spiro atoms. The summed E-state index contributed by atoms with van der Waals surface area (Å²) in [5.41, 5.74) is 9.28. The van der Waals surface area contributed by atoms with Gasteiger partial charge in [-0.2, -0.15) is 0 Å². The fraction of sp³-hybridized carbons (Fsp3) is 0.0833. The van der Waals surface area contributed by atoms with E-state index in [0.717, 1.165) is 61.4 Å². The fourth-order valence-corrected chi connectivity index (χ4v) is 8.74. The number of hydrogen-bond donors (Lipinski definition) is 0. The summed E-state index contributed by atoms with van der Waals surface area (Å²) < 4.78 is 7.40. The minimum Gasteiger partial charge on any atom is -0.452 e. The van der Waals surface area contributed by atoms with Crippen molar-refractivity contribution >= 4 is 90.9 Å². The van der Waals surface area contributed by atoms with E-state index in [-0.39, 0.29) is 0 Å². The molecule has 0 aliphatic heterocycles. The predicted octanol–water partition coefficient (Wildman–Crippen LogP) is 13.7. The number of para-hydroxylation sites is 2. The highest BCUT2D eigenvalue weighted by molar-refractivity contribution is 6.88. The van der Waals surface area contributed by atoms with Crippen LogP contribution in [0.4, 0.5) is 34.1 Å². The van der Waals surface area contributed by atoms with Crippen molar-refractivity contribution in [3.63, 3.8) is 0 Å². The van der Waals surface area contributed by atoms with Crippen LogP contribution in [0.25, 0.3) is 43.5 Å². The topological polar surface area (TPSA) is 19.6 Å². The van der Waals surface area contributed by atoms with Gasteiger partial charge in [0.2, 0.25) is 0 Å². The molecule has 0 bridgehead atoms. The van der Waals surface area contributed by atoms with Crippen molar-refractivity contribution in [2.75, 3.05) is 9.80 Å². The van der Waals surface area contributed by atoms with Gasteiger partial charge in [-0.25, -0.2) is 0 Å². The molecule has 0 aliphatic rings. The lowest BCUT2D eigenvalue weighted by molar-refractivity contribution is 0.670. The Kier molecular flexibility index (Phi) is 7.71. The van der Waals surface area contributed by atoms with Gasteiger partial charge < -0.3 is 14.2 Å². The van der Waals surface area contributed by atoms with Gasteiger partial charge in [0, 0.05) is 33.5 Å². The van der Waals surface area contributed by atoms with Crippen molar-refractivity contribution in [3.05, 3.63) is 175 Å². The minimum atomic E-state index is -1.50. The maximum atomic E-state index is 7.40. The average Bonchev–Trinajstić information content (AvgIpc) is 3.59. The number of aryl methyl sites for hydroxylation is 1. The Morgan fingerprint density at radius 1 is 0.423 bits per heavy atom. The molecule has 0 radical (unpaired) electrons. The Balaban J connectivity index is 1.42. The summed E-state index contributed by atoms with van der Waals surface area (Å²) in [4.78, 5) is 4.70. The maximum absolute atomic E-state index is 7.40. The average molecular weight is 689 g/mol. The lowest BCUT2D eigenvalue weighted by atomic mass is 9.97. The quantitative estimate of drug-likeness (QED) is 0.155. The van der Waals surface area contributed by atoms with E-state index in [2.05, 4.69) is 206 Å². The van der Waals surface area contributed by atoms with E-state index in [1.54, 1.807) is 0 Å². The van der Waals surface area contributed by atoms with Crippen LogP contribution in [0.15, 0.2) is 174 Å². The second-order valence-electron chi connectivity index (χ2n) is 14.7. The minimum absolute atomic E-state index is 0.859. The third-order valence-corrected chi connectivity index (χ3v) is 12.3. The molecule has 1 aromatic heterocycles. The van der Waals surface area contributed by atoms with Gasteiger partial charge in [0.15, 0.2) is 11.2 Å². The Morgan fingerprint density at radius 2 is 0.808 bits per heavy atom. The third kappa shape index (κ3) is 5.44. The summed E-state index contributed by atoms with van der Waals surface area (Å²) in [7, 11) is -1.50. The zero-order valence-electron chi connectivity index (χ0n) is 30.0. The van der Waals surface area contributed by atoms with Gasteiger partial charge in [-0.05, 0) is 89.1 Å². The van der Waals surface area contributed by atoms with Crippen LogP contribution in [0.1, 0.15) is 5.56 Å². The van der Waals surface area contributed by atoms with Crippen LogP contribution in [0.5, 0.6) is 0 Å². The molecule has 252 valence electrons. The van der Waals surface area contributed by atoms with Crippen molar-refractivity contribution in [2.24, 2.45) is 0 Å². The van der Waals surface area contributed by atoms with E-state index in [0.29, 0.717) is 0 Å². The molecule has 9 aromatic rings. The SMILES string of the molecule is Cc1ccc(N(c2ccccc2)c2cc3ccccc3c3c2oc2c(N(c4ccccc4)c4ccc([Si](C)(C)C)cc4)cc4ccccc4c23)cc1. The number of anilines is 6. The van der Waals surface area contributed by atoms with Crippen LogP contribution < -0.4 is 15.0 Å². The lowest BCUT2D eigenvalue weighted by Gasteiger charge is -2.27. The molecule has 0 unspecified atom stereocenters. The first-order chi connectivity index (χ1) is 25.3. The fourth-order valence-electron chi connectivity index (χ4n) is 7.58. The van der Waals surface area contributed by atoms with Crippen LogP contribution in [0.3, 0.4) is 0 Å². The number of rotatable bonds is 7. The number of fused-ring (bicyclic) bond motifs is 7. The van der Waals surface area contributed by atoms with Crippen molar-refractivity contribution in [3.8, 4) is 0 Å². The van der Waals surface area contributed by atoms with Gasteiger partial charge in [0.05, 0.1) is 19.4 Å². The predicted molar refractivity (Wildman–Crippen MR) is 226 cm³/mol. The molecule has 0 aliphatic carbocycles. The van der Waals surface area contributed by atoms with Gasteiger partial charge in [-0.1, -0.05) is 140 Å². The van der Waals surface area contributed by atoms with Gasteiger partial charge in [-0.3, -0.25) is 0 Å². The van der Waals surface area contributed by atoms with Crippen molar-refractivity contribution in [1.82, 2.24) is 0 Å². The van der Waals surface area contributed by atoms with Crippen LogP contribution in [-0.2, 0) is 0 Å². The molecule has 4 heteroatoms. The molecule has 8 aromatic carbocycles. The summed E-state index contributed by atoms with van der Waals surface area (Å²) in [5, 5.41) is 8.35. The van der Waals surface area contributed by atoms with Gasteiger partial charge in [0.1, 0.15) is 0 Å². The second kappa shape index (κ2) is 12.6. The molecule has 9 rings (SSSR count). The normalized spacial score (nSPS) is 11.8. The second-order valence-corrected chi connectivity index (χ2v) is 19.8. The first-order valence-corrected chi connectivity index (χ1v) is 21.5. The maximum Gasteiger partial charge on any atom is 0.160 e. The van der Waals surface area contributed by atoms with E-state index >= 15 is 0 Å². The number of nitrogens with zero attached hydrogens (tertiary/aromatic N) is 2. The van der Waals surface area contributed by atoms with E-state index in [1.165, 1.54) is 26.9 Å². The number of hydrogen-bond acceptors (Lipinski definition) is 3. The summed E-state index contributed by atoms with van der Waals surface area (Å²) in [6, 6.07) is 61.3. The van der Waals surface area contributed by atoms with E-state index < -0.39 is 8.07 Å². The molecule has 0 saturated heterocycles. The van der Waals surface area contributed by atoms with Gasteiger partial charge in [-0.15, -0.1) is 0 Å². The molecule has 3 nitrogen and oxygen atoms in total. The van der Waals surface area contributed by atoms with Gasteiger partial charge in [0.25, 0.3) is 0 Å². The summed E-state index contributed by atoms with van der Waals surface area (Å²) >= 11 is 0. The van der Waals surface area contributed by atoms with Gasteiger partial charge >= 0.3 is 0 Å². The van der Waals surface area contributed by atoms with Crippen LogP contribution in [0.2, 0.25) is 19.6 Å². The molecule has 0 atom stereocenters. The molecule has 1 heterocycles. The standard InChI is InChI=1S/C48H40N2OSi/c1-33-23-25-38(26-24-33)49(36-17-7-5-8-18-36)43-31-34-15-11-13-21-41(34)45-46-42-22-14-12-16-35(42)32-44(48(46)51-47(43)45)50(37-19-9-6-10-20-37)39-27-29-40(30-28-39)52(2,3)4/h5-32H,1-4H3. The Hall–Kier alpha value is -6.10. The van der Waals surface area contributed by atoms with E-state index in [4.69, 9.17) is 4.42 Å². The van der Waals surface area contributed by atoms with Crippen molar-refractivity contribution < 1.29 is 4.42 Å². The molecular formula is C48H40N2OSi. The molecule has 0 N–H and O–H groups in total. The largest absolute Gasteiger partial charge is 0.452 e. The Labute approximate surface area is 306 Å². The molecular weight excluding hydrogens is 649 g/mol. The Bertz CT molecular complexity index is 2710. The summed E-state index contributed by atoms with van der Waals surface area (Å²) in [5.74, 6) is 0.